The number of alkyl halides is 1. The molecule has 2 unspecified atom stereocenters. The summed E-state index contributed by atoms with van der Waals surface area (Å²) >= 11 is 13.2. The van der Waals surface area contributed by atoms with Gasteiger partial charge >= 0.3 is 0 Å². The molecule has 0 heterocycles. The molecule has 2 atom stereocenters. The molecule has 4 aromatic carbocycles. The van der Waals surface area contributed by atoms with Crippen LogP contribution >= 0.6 is 43.5 Å². The van der Waals surface area contributed by atoms with Gasteiger partial charge in [0.05, 0.1) is 0 Å². The number of fused-ring (bicyclic) bond motifs is 1. The highest BCUT2D eigenvalue weighted by molar-refractivity contribution is 9.10. The van der Waals surface area contributed by atoms with Crippen LogP contribution in [0.2, 0.25) is 5.02 Å². The van der Waals surface area contributed by atoms with Gasteiger partial charge in [0.2, 0.25) is 0 Å². The minimum atomic E-state index is -1.17. The Balaban J connectivity index is 1.93. The van der Waals surface area contributed by atoms with E-state index in [-0.39, 0.29) is 5.92 Å². The van der Waals surface area contributed by atoms with E-state index in [2.05, 4.69) is 61.0 Å². The van der Waals surface area contributed by atoms with Gasteiger partial charge in [-0.3, -0.25) is 0 Å². The van der Waals surface area contributed by atoms with Crippen molar-refractivity contribution in [3.8, 4) is 5.75 Å². The molecule has 0 radical (unpaired) electrons. The van der Waals surface area contributed by atoms with Gasteiger partial charge < -0.3 is 14.7 Å². The lowest BCUT2D eigenvalue weighted by Crippen LogP contribution is -2.37. The molecule has 4 aromatic rings. The molecule has 0 amide bonds. The van der Waals surface area contributed by atoms with E-state index in [0.29, 0.717) is 17.0 Å². The van der Waals surface area contributed by atoms with Gasteiger partial charge in [0.1, 0.15) is 16.9 Å². The van der Waals surface area contributed by atoms with Gasteiger partial charge in [-0.2, -0.15) is 0 Å². The normalized spacial score (nSPS) is 14.1. The summed E-state index contributed by atoms with van der Waals surface area (Å²) in [7, 11) is 4.06. The maximum Gasteiger partial charge on any atom is 0.143 e. The highest BCUT2D eigenvalue weighted by Crippen LogP contribution is 2.45. The van der Waals surface area contributed by atoms with Crippen LogP contribution in [0.25, 0.3) is 10.8 Å². The Labute approximate surface area is 228 Å². The zero-order valence-corrected chi connectivity index (χ0v) is 23.6. The SMILES string of the molecule is CN(C)CCC(O)(c1cccc(Br)c1)C(c1ccc(Cl)cc1)c1ccc2ccc(OCBr)cc2c1. The maximum atomic E-state index is 12.6. The predicted octanol–water partition coefficient (Wildman–Crippen LogP) is 7.96. The lowest BCUT2D eigenvalue weighted by Gasteiger charge is -2.39. The van der Waals surface area contributed by atoms with Crippen molar-refractivity contribution in [3.05, 3.63) is 111 Å². The second-order valence-electron chi connectivity index (χ2n) is 8.99. The fraction of sp³-hybridized carbons (Fsp3) is 0.241. The molecule has 4 rings (SSSR count). The Morgan fingerprint density at radius 1 is 0.914 bits per heavy atom. The monoisotopic (exact) mass is 615 g/mol. The molecule has 0 bridgehead atoms. The van der Waals surface area contributed by atoms with Gasteiger partial charge in [-0.15, -0.1) is 0 Å². The van der Waals surface area contributed by atoms with Gasteiger partial charge in [0.15, 0.2) is 0 Å². The molecule has 0 spiro atoms. The van der Waals surface area contributed by atoms with E-state index in [9.17, 15) is 5.11 Å². The van der Waals surface area contributed by atoms with E-state index in [1.54, 1.807) is 0 Å². The number of rotatable bonds is 9. The summed E-state index contributed by atoms with van der Waals surface area (Å²) in [5.41, 5.74) is 2.16. The molecule has 0 aromatic heterocycles. The van der Waals surface area contributed by atoms with Crippen LogP contribution in [0.5, 0.6) is 5.75 Å². The number of aliphatic hydroxyl groups is 1. The van der Waals surface area contributed by atoms with Gasteiger partial charge in [0.25, 0.3) is 0 Å². The van der Waals surface area contributed by atoms with Gasteiger partial charge in [-0.1, -0.05) is 76.1 Å². The zero-order chi connectivity index (χ0) is 25.0. The summed E-state index contributed by atoms with van der Waals surface area (Å²) in [5.74, 6) is 0.476. The third kappa shape index (κ3) is 6.10. The van der Waals surface area contributed by atoms with E-state index in [4.69, 9.17) is 16.3 Å². The molecule has 1 N–H and O–H groups in total. The minimum Gasteiger partial charge on any atom is -0.482 e. The molecule has 35 heavy (non-hydrogen) atoms. The van der Waals surface area contributed by atoms with Crippen molar-refractivity contribution in [1.82, 2.24) is 4.90 Å². The molecule has 0 aliphatic rings. The molecule has 0 aliphatic heterocycles. The van der Waals surface area contributed by atoms with Gasteiger partial charge in [-0.05, 0) is 100 Å². The zero-order valence-electron chi connectivity index (χ0n) is 19.7. The quantitative estimate of drug-likeness (QED) is 0.194. The first kappa shape index (κ1) is 26.2. The number of nitrogens with zero attached hydrogens (tertiary/aromatic N) is 1. The fourth-order valence-electron chi connectivity index (χ4n) is 4.58. The van der Waals surface area contributed by atoms with Crippen LogP contribution in [0.4, 0.5) is 0 Å². The van der Waals surface area contributed by atoms with Gasteiger partial charge in [0, 0.05) is 22.0 Å². The summed E-state index contributed by atoms with van der Waals surface area (Å²) in [6, 6.07) is 28.2. The lowest BCUT2D eigenvalue weighted by atomic mass is 9.71. The van der Waals surface area contributed by atoms with Crippen LogP contribution in [0, 0.1) is 0 Å². The first-order valence-corrected chi connectivity index (χ1v) is 13.7. The molecule has 0 saturated carbocycles. The van der Waals surface area contributed by atoms with Crippen molar-refractivity contribution in [2.45, 2.75) is 17.9 Å². The Hall–Kier alpha value is -1.89. The van der Waals surface area contributed by atoms with Crippen LogP contribution in [0.1, 0.15) is 29.0 Å². The summed E-state index contributed by atoms with van der Waals surface area (Å²) in [6.45, 7) is 0.726. The Morgan fingerprint density at radius 3 is 2.31 bits per heavy atom. The Kier molecular flexibility index (Phi) is 8.56. The number of benzene rings is 4. The largest absolute Gasteiger partial charge is 0.482 e. The first-order chi connectivity index (χ1) is 16.8. The van der Waals surface area contributed by atoms with E-state index >= 15 is 0 Å². The highest BCUT2D eigenvalue weighted by Gasteiger charge is 2.40. The number of hydrogen-bond donors (Lipinski definition) is 1. The van der Waals surface area contributed by atoms with Crippen LogP contribution in [-0.2, 0) is 5.60 Å². The number of hydrogen-bond acceptors (Lipinski definition) is 3. The maximum absolute atomic E-state index is 12.6. The standard InChI is InChI=1S/C29H28Br2ClNO2/c1-33(2)15-14-29(34,24-4-3-5-25(31)18-24)28(21-8-11-26(32)12-9-21)22-7-6-20-10-13-27(35-19-30)17-23(20)16-22/h3-13,16-18,28,34H,14-15,19H2,1-2H3. The molecule has 0 saturated heterocycles. The number of ether oxygens (including phenoxy) is 1. The average Bonchev–Trinajstić information content (AvgIpc) is 2.84. The second kappa shape index (κ2) is 11.4. The summed E-state index contributed by atoms with van der Waals surface area (Å²) < 4.78 is 6.60. The smallest absolute Gasteiger partial charge is 0.143 e. The molecule has 0 fully saturated rings. The summed E-state index contributed by atoms with van der Waals surface area (Å²) in [6.07, 6.45) is 0.550. The van der Waals surface area contributed by atoms with Gasteiger partial charge in [-0.25, -0.2) is 0 Å². The third-order valence-electron chi connectivity index (χ3n) is 6.34. The van der Waals surface area contributed by atoms with Crippen LogP contribution < -0.4 is 4.74 Å². The second-order valence-corrected chi connectivity index (χ2v) is 10.8. The van der Waals surface area contributed by atoms with Crippen LogP contribution in [0.3, 0.4) is 0 Å². The molecular formula is C29H28Br2ClNO2. The Bertz CT molecular complexity index is 1300. The summed E-state index contributed by atoms with van der Waals surface area (Å²) in [5, 5.41) is 15.4. The topological polar surface area (TPSA) is 32.7 Å². The van der Waals surface area contributed by atoms with Crippen molar-refractivity contribution in [2.24, 2.45) is 0 Å². The average molecular weight is 618 g/mol. The van der Waals surface area contributed by atoms with Crippen molar-refractivity contribution in [3.63, 3.8) is 0 Å². The van der Waals surface area contributed by atoms with Crippen LogP contribution in [-0.4, -0.2) is 36.2 Å². The van der Waals surface area contributed by atoms with Crippen molar-refractivity contribution >= 4 is 54.2 Å². The fourth-order valence-corrected chi connectivity index (χ4v) is 5.37. The predicted molar refractivity (Wildman–Crippen MR) is 153 cm³/mol. The first-order valence-electron chi connectivity index (χ1n) is 11.4. The third-order valence-corrected chi connectivity index (χ3v) is 7.31. The van der Waals surface area contributed by atoms with Crippen molar-refractivity contribution in [1.29, 1.82) is 0 Å². The summed E-state index contributed by atoms with van der Waals surface area (Å²) in [4.78, 5) is 2.10. The molecule has 182 valence electrons. The minimum absolute atomic E-state index is 0.320. The molecule has 6 heteroatoms. The van der Waals surface area contributed by atoms with Crippen LogP contribution in [0.15, 0.2) is 89.4 Å². The number of halogens is 3. The molecule has 3 nitrogen and oxygen atoms in total. The molecular weight excluding hydrogens is 590 g/mol. The Morgan fingerprint density at radius 2 is 1.63 bits per heavy atom. The molecule has 0 aliphatic carbocycles. The van der Waals surface area contributed by atoms with Crippen molar-refractivity contribution in [2.75, 3.05) is 26.2 Å². The lowest BCUT2D eigenvalue weighted by molar-refractivity contribution is 0.00446. The van der Waals surface area contributed by atoms with E-state index in [1.165, 1.54) is 0 Å². The highest BCUT2D eigenvalue weighted by atomic mass is 79.9. The van der Waals surface area contributed by atoms with E-state index < -0.39 is 5.60 Å². The van der Waals surface area contributed by atoms with Crippen molar-refractivity contribution < 1.29 is 9.84 Å². The van der Waals surface area contributed by atoms with E-state index in [0.717, 1.165) is 44.2 Å². The van der Waals surface area contributed by atoms with E-state index in [1.807, 2.05) is 74.8 Å².